The molecule has 1 rings (SSSR count). The molecule has 0 heterocycles. The van der Waals surface area contributed by atoms with Crippen molar-refractivity contribution in [3.63, 3.8) is 0 Å². The van der Waals surface area contributed by atoms with Crippen molar-refractivity contribution < 1.29 is 19.1 Å². The summed E-state index contributed by atoms with van der Waals surface area (Å²) in [5.41, 5.74) is -0.555. The van der Waals surface area contributed by atoms with E-state index >= 15 is 0 Å². The Bertz CT molecular complexity index is 559. The molecule has 2 amide bonds. The second-order valence-corrected chi connectivity index (χ2v) is 6.46. The van der Waals surface area contributed by atoms with E-state index in [2.05, 4.69) is 10.6 Å². The van der Waals surface area contributed by atoms with Crippen LogP contribution in [0, 0.1) is 0 Å². The van der Waals surface area contributed by atoms with Crippen molar-refractivity contribution in [2.45, 2.75) is 26.4 Å². The lowest BCUT2D eigenvalue weighted by molar-refractivity contribution is -0.123. The van der Waals surface area contributed by atoms with Gasteiger partial charge in [0.1, 0.15) is 11.4 Å². The maximum Gasteiger partial charge on any atom is 0.407 e. The van der Waals surface area contributed by atoms with Crippen LogP contribution in [0.3, 0.4) is 0 Å². The highest BCUT2D eigenvalue weighted by Gasteiger charge is 2.15. The molecule has 0 unspecified atom stereocenters. The highest BCUT2D eigenvalue weighted by atomic mass is 35.5. The predicted molar refractivity (Wildman–Crippen MR) is 89.2 cm³/mol. The Kier molecular flexibility index (Phi) is 7.45. The average molecular weight is 363 g/mol. The molecule has 0 aliphatic carbocycles. The van der Waals surface area contributed by atoms with E-state index in [9.17, 15) is 9.59 Å². The van der Waals surface area contributed by atoms with Crippen LogP contribution in [0.15, 0.2) is 18.2 Å². The van der Waals surface area contributed by atoms with E-state index in [0.717, 1.165) is 0 Å². The minimum Gasteiger partial charge on any atom is -0.484 e. The van der Waals surface area contributed by atoms with Gasteiger partial charge >= 0.3 is 6.09 Å². The topological polar surface area (TPSA) is 76.7 Å². The molecule has 0 fully saturated rings. The van der Waals surface area contributed by atoms with E-state index in [0.29, 0.717) is 15.8 Å². The van der Waals surface area contributed by atoms with Gasteiger partial charge in [0.2, 0.25) is 0 Å². The fourth-order valence-electron chi connectivity index (χ4n) is 1.45. The molecule has 1 aromatic rings. The van der Waals surface area contributed by atoms with Crippen molar-refractivity contribution in [1.82, 2.24) is 10.6 Å². The summed E-state index contributed by atoms with van der Waals surface area (Å²) in [7, 11) is 0. The average Bonchev–Trinajstić information content (AvgIpc) is 2.43. The molecule has 0 atom stereocenters. The Hall–Kier alpha value is -1.66. The minimum atomic E-state index is -0.555. The maximum atomic E-state index is 11.6. The fourth-order valence-corrected chi connectivity index (χ4v) is 1.74. The monoisotopic (exact) mass is 362 g/mol. The van der Waals surface area contributed by atoms with Gasteiger partial charge < -0.3 is 20.1 Å². The first kappa shape index (κ1) is 19.4. The first-order valence-electron chi connectivity index (χ1n) is 6.99. The first-order valence-corrected chi connectivity index (χ1v) is 7.74. The second kappa shape index (κ2) is 8.84. The number of halogens is 2. The normalized spacial score (nSPS) is 10.8. The van der Waals surface area contributed by atoms with Gasteiger partial charge in [0.15, 0.2) is 6.61 Å². The van der Waals surface area contributed by atoms with E-state index in [1.54, 1.807) is 32.9 Å². The van der Waals surface area contributed by atoms with Gasteiger partial charge in [-0.15, -0.1) is 0 Å². The van der Waals surface area contributed by atoms with Gasteiger partial charge in [0, 0.05) is 19.2 Å². The number of rotatable bonds is 6. The number of alkyl carbamates (subject to hydrolysis) is 1. The molecule has 0 aliphatic rings. The van der Waals surface area contributed by atoms with Crippen LogP contribution in [-0.2, 0) is 9.53 Å². The summed E-state index contributed by atoms with van der Waals surface area (Å²) < 4.78 is 10.3. The Morgan fingerprint density at radius 2 is 1.74 bits per heavy atom. The van der Waals surface area contributed by atoms with E-state index in [1.165, 1.54) is 6.07 Å². The number of amides is 2. The van der Waals surface area contributed by atoms with Crippen molar-refractivity contribution in [2.75, 3.05) is 19.7 Å². The van der Waals surface area contributed by atoms with E-state index in [-0.39, 0.29) is 25.6 Å². The Morgan fingerprint density at radius 3 is 2.35 bits per heavy atom. The van der Waals surface area contributed by atoms with Gasteiger partial charge in [-0.05, 0) is 32.9 Å². The molecule has 1 aromatic carbocycles. The molecule has 0 saturated heterocycles. The molecular formula is C15H20Cl2N2O4. The molecule has 0 bridgehead atoms. The second-order valence-electron chi connectivity index (χ2n) is 5.64. The lowest BCUT2D eigenvalue weighted by Crippen LogP contribution is -2.39. The zero-order valence-electron chi connectivity index (χ0n) is 13.2. The lowest BCUT2D eigenvalue weighted by Gasteiger charge is -2.19. The molecule has 128 valence electrons. The molecular weight excluding hydrogens is 343 g/mol. The SMILES string of the molecule is CC(C)(C)OC(=O)NCCNC(=O)COc1ccc(Cl)c(Cl)c1. The van der Waals surface area contributed by atoms with Crippen LogP contribution in [0.1, 0.15) is 20.8 Å². The van der Waals surface area contributed by atoms with Crippen molar-refractivity contribution in [3.05, 3.63) is 28.2 Å². The van der Waals surface area contributed by atoms with Crippen molar-refractivity contribution in [3.8, 4) is 5.75 Å². The number of nitrogens with one attached hydrogen (secondary N) is 2. The number of ether oxygens (including phenoxy) is 2. The molecule has 8 heteroatoms. The molecule has 2 N–H and O–H groups in total. The van der Waals surface area contributed by atoms with E-state index in [1.807, 2.05) is 0 Å². The number of hydrogen-bond donors (Lipinski definition) is 2. The van der Waals surface area contributed by atoms with Crippen molar-refractivity contribution in [1.29, 1.82) is 0 Å². The molecule has 0 aliphatic heterocycles. The van der Waals surface area contributed by atoms with Crippen LogP contribution in [0.25, 0.3) is 0 Å². The summed E-state index contributed by atoms with van der Waals surface area (Å²) in [6, 6.07) is 4.73. The summed E-state index contributed by atoms with van der Waals surface area (Å²) >= 11 is 11.6. The van der Waals surface area contributed by atoms with Crippen LogP contribution in [-0.4, -0.2) is 37.3 Å². The van der Waals surface area contributed by atoms with Gasteiger partial charge in [-0.25, -0.2) is 4.79 Å². The Morgan fingerprint density at radius 1 is 1.09 bits per heavy atom. The largest absolute Gasteiger partial charge is 0.484 e. The summed E-state index contributed by atoms with van der Waals surface area (Å²) in [6.45, 7) is 5.68. The van der Waals surface area contributed by atoms with Crippen LogP contribution in [0.5, 0.6) is 5.75 Å². The summed E-state index contributed by atoms with van der Waals surface area (Å²) in [5, 5.41) is 5.90. The van der Waals surface area contributed by atoms with Gasteiger partial charge in [-0.1, -0.05) is 23.2 Å². The predicted octanol–water partition coefficient (Wildman–Crippen LogP) is 3.01. The number of benzene rings is 1. The molecule has 0 radical (unpaired) electrons. The fraction of sp³-hybridized carbons (Fsp3) is 0.467. The van der Waals surface area contributed by atoms with Gasteiger partial charge in [0.25, 0.3) is 5.91 Å². The van der Waals surface area contributed by atoms with Gasteiger partial charge in [-0.3, -0.25) is 4.79 Å². The summed E-state index contributed by atoms with van der Waals surface area (Å²) in [6.07, 6.45) is -0.529. The molecule has 6 nitrogen and oxygen atoms in total. The van der Waals surface area contributed by atoms with Gasteiger partial charge in [0.05, 0.1) is 10.0 Å². The quantitative estimate of drug-likeness (QED) is 0.762. The third-order valence-electron chi connectivity index (χ3n) is 2.38. The third kappa shape index (κ3) is 8.52. The Labute approximate surface area is 145 Å². The third-order valence-corrected chi connectivity index (χ3v) is 3.12. The van der Waals surface area contributed by atoms with Crippen LogP contribution >= 0.6 is 23.2 Å². The standard InChI is InChI=1S/C15H20Cl2N2O4/c1-15(2,3)23-14(21)19-7-6-18-13(20)9-22-10-4-5-11(16)12(17)8-10/h4-5,8H,6-7,9H2,1-3H3,(H,18,20)(H,19,21). The highest BCUT2D eigenvalue weighted by Crippen LogP contribution is 2.26. The molecule has 0 spiro atoms. The summed E-state index contributed by atoms with van der Waals surface area (Å²) in [4.78, 5) is 23.0. The number of carbonyl (C=O) groups is 2. The van der Waals surface area contributed by atoms with Crippen LogP contribution in [0.4, 0.5) is 4.79 Å². The van der Waals surface area contributed by atoms with Crippen LogP contribution in [0.2, 0.25) is 10.0 Å². The maximum absolute atomic E-state index is 11.6. The minimum absolute atomic E-state index is 0.162. The van der Waals surface area contributed by atoms with E-state index < -0.39 is 11.7 Å². The zero-order valence-corrected chi connectivity index (χ0v) is 14.8. The van der Waals surface area contributed by atoms with Crippen molar-refractivity contribution >= 4 is 35.2 Å². The van der Waals surface area contributed by atoms with Gasteiger partial charge in [-0.2, -0.15) is 0 Å². The van der Waals surface area contributed by atoms with E-state index in [4.69, 9.17) is 32.7 Å². The highest BCUT2D eigenvalue weighted by molar-refractivity contribution is 6.42. The smallest absolute Gasteiger partial charge is 0.407 e. The molecule has 0 aromatic heterocycles. The van der Waals surface area contributed by atoms with Crippen molar-refractivity contribution in [2.24, 2.45) is 0 Å². The Balaban J connectivity index is 2.19. The molecule has 23 heavy (non-hydrogen) atoms. The summed E-state index contributed by atoms with van der Waals surface area (Å²) in [5.74, 6) is 0.128. The number of hydrogen-bond acceptors (Lipinski definition) is 4. The molecule has 0 saturated carbocycles. The first-order chi connectivity index (χ1) is 10.7. The van der Waals surface area contributed by atoms with Crippen LogP contribution < -0.4 is 15.4 Å². The lowest BCUT2D eigenvalue weighted by atomic mass is 10.2. The zero-order chi connectivity index (χ0) is 17.5. The number of carbonyl (C=O) groups excluding carboxylic acids is 2.